The molecule has 3 fully saturated rings. The van der Waals surface area contributed by atoms with E-state index < -0.39 is 0 Å². The zero-order chi connectivity index (χ0) is 25.6. The van der Waals surface area contributed by atoms with E-state index in [1.54, 1.807) is 6.07 Å². The van der Waals surface area contributed by atoms with Crippen LogP contribution >= 0.6 is 23.2 Å². The third-order valence-corrected chi connectivity index (χ3v) is 9.27. The molecule has 1 aliphatic carbocycles. The molecule has 4 N–H and O–H groups in total. The van der Waals surface area contributed by atoms with E-state index in [0.717, 1.165) is 56.5 Å². The van der Waals surface area contributed by atoms with E-state index in [1.807, 2.05) is 9.58 Å². The van der Waals surface area contributed by atoms with Gasteiger partial charge in [0, 0.05) is 47.0 Å². The molecule has 2 aromatic heterocycles. The molecule has 36 heavy (non-hydrogen) atoms. The van der Waals surface area contributed by atoms with E-state index in [2.05, 4.69) is 25.3 Å². The zero-order valence-electron chi connectivity index (χ0n) is 20.7. The third kappa shape index (κ3) is 3.30. The fraction of sp³-hybridized carbons (Fsp3) is 0.500. The van der Waals surface area contributed by atoms with E-state index in [4.69, 9.17) is 44.8 Å². The zero-order valence-corrected chi connectivity index (χ0v) is 22.2. The van der Waals surface area contributed by atoms with Gasteiger partial charge in [0.1, 0.15) is 5.82 Å². The van der Waals surface area contributed by atoms with E-state index >= 15 is 0 Å². The number of pyridine rings is 1. The van der Waals surface area contributed by atoms with E-state index in [-0.39, 0.29) is 22.9 Å². The molecule has 0 radical (unpaired) electrons. The quantitative estimate of drug-likeness (QED) is 0.359. The Balaban J connectivity index is 1.51. The van der Waals surface area contributed by atoms with Crippen LogP contribution < -0.4 is 16.4 Å². The minimum atomic E-state index is -0.0744. The second kappa shape index (κ2) is 7.89. The Labute approximate surface area is 220 Å². The smallest absolute Gasteiger partial charge is 0.245 e. The standard InChI is InChI=1S/C26H31Cl2N7O/c1-4-17(36)33-12-26(13-33)10-14(11-26)35-23-20(24(32-35)34-8-6-5-7-25(34,2)3)19-18(22(30)31-23)16(29)9-15(27)21(19)28/h4,9,14H,1,5-8,10-13,29H2,2-3H3,(H2,30,31). The third-order valence-electron chi connectivity index (χ3n) is 8.48. The molecule has 190 valence electrons. The first-order chi connectivity index (χ1) is 17.0. The highest BCUT2D eigenvalue weighted by Gasteiger charge is 2.54. The van der Waals surface area contributed by atoms with Crippen molar-refractivity contribution in [3.63, 3.8) is 0 Å². The molecule has 6 rings (SSSR count). The van der Waals surface area contributed by atoms with Crippen LogP contribution in [0, 0.1) is 5.41 Å². The summed E-state index contributed by atoms with van der Waals surface area (Å²) in [5, 5.41) is 8.19. The number of likely N-dealkylation sites (tertiary alicyclic amines) is 1. The average Bonchev–Trinajstić information content (AvgIpc) is 3.12. The number of hydrogen-bond acceptors (Lipinski definition) is 6. The first kappa shape index (κ1) is 23.7. The number of nitrogens with two attached hydrogens (primary N) is 2. The number of amides is 1. The summed E-state index contributed by atoms with van der Waals surface area (Å²) in [7, 11) is 0. The molecule has 0 bridgehead atoms. The van der Waals surface area contributed by atoms with Crippen LogP contribution in [0.25, 0.3) is 21.8 Å². The van der Waals surface area contributed by atoms with E-state index in [1.165, 1.54) is 12.5 Å². The molecule has 1 aromatic carbocycles. The van der Waals surface area contributed by atoms with Crippen molar-refractivity contribution in [2.45, 2.75) is 57.5 Å². The Hall–Kier alpha value is -2.71. The number of carbonyl (C=O) groups is 1. The molecule has 1 amide bonds. The van der Waals surface area contributed by atoms with Gasteiger partial charge in [-0.05, 0) is 58.1 Å². The maximum Gasteiger partial charge on any atom is 0.245 e. The first-order valence-corrected chi connectivity index (χ1v) is 13.2. The number of piperidine rings is 1. The van der Waals surface area contributed by atoms with Crippen LogP contribution in [0.5, 0.6) is 0 Å². The van der Waals surface area contributed by atoms with Gasteiger partial charge in [-0.25, -0.2) is 9.67 Å². The number of benzene rings is 1. The summed E-state index contributed by atoms with van der Waals surface area (Å²) < 4.78 is 2.03. The van der Waals surface area contributed by atoms with E-state index in [9.17, 15) is 4.79 Å². The van der Waals surface area contributed by atoms with Gasteiger partial charge < -0.3 is 21.3 Å². The molecule has 2 saturated heterocycles. The maximum absolute atomic E-state index is 12.0. The molecular weight excluding hydrogens is 497 g/mol. The van der Waals surface area contributed by atoms with Crippen molar-refractivity contribution in [3.8, 4) is 0 Å². The lowest BCUT2D eigenvalue weighted by Crippen LogP contribution is -2.63. The Morgan fingerprint density at radius 2 is 1.89 bits per heavy atom. The van der Waals surface area contributed by atoms with Crippen molar-refractivity contribution >= 4 is 68.2 Å². The number of nitrogens with zero attached hydrogens (tertiary/aromatic N) is 5. The number of rotatable bonds is 3. The van der Waals surface area contributed by atoms with Crippen LogP contribution in [-0.2, 0) is 4.79 Å². The Morgan fingerprint density at radius 3 is 2.56 bits per heavy atom. The van der Waals surface area contributed by atoms with Crippen LogP contribution in [0.1, 0.15) is 52.0 Å². The lowest BCUT2D eigenvalue weighted by Gasteiger charge is -2.58. The SMILES string of the molecule is C=CC(=O)N1CC2(CC(n3nc(N4CCCCC4(C)C)c4c5c(Cl)c(Cl)cc(N)c5c(N)nc43)C2)C1. The Bertz CT molecular complexity index is 1430. The lowest BCUT2D eigenvalue weighted by atomic mass is 9.60. The summed E-state index contributed by atoms with van der Waals surface area (Å²) >= 11 is 13.3. The van der Waals surface area contributed by atoms with Gasteiger partial charge in [0.15, 0.2) is 11.5 Å². The van der Waals surface area contributed by atoms with Gasteiger partial charge in [-0.2, -0.15) is 5.10 Å². The van der Waals surface area contributed by atoms with Gasteiger partial charge in [0.05, 0.1) is 21.5 Å². The fourth-order valence-electron chi connectivity index (χ4n) is 6.59. The van der Waals surface area contributed by atoms with Crippen molar-refractivity contribution < 1.29 is 4.79 Å². The lowest BCUT2D eigenvalue weighted by molar-refractivity contribution is -0.148. The van der Waals surface area contributed by atoms with Crippen LogP contribution in [0.3, 0.4) is 0 Å². The molecule has 3 aliphatic rings. The summed E-state index contributed by atoms with van der Waals surface area (Å²) in [6, 6.07) is 1.79. The number of carbonyl (C=O) groups excluding carboxylic acids is 1. The summed E-state index contributed by atoms with van der Waals surface area (Å²) in [6.07, 6.45) is 6.58. The summed E-state index contributed by atoms with van der Waals surface area (Å²) in [4.78, 5) is 21.0. The van der Waals surface area contributed by atoms with Gasteiger partial charge in [-0.3, -0.25) is 4.79 Å². The van der Waals surface area contributed by atoms with E-state index in [0.29, 0.717) is 38.0 Å². The van der Waals surface area contributed by atoms with Crippen molar-refractivity contribution in [2.75, 3.05) is 36.0 Å². The van der Waals surface area contributed by atoms with Crippen LogP contribution in [0.4, 0.5) is 17.3 Å². The normalized spacial score (nSPS) is 21.1. The average molecular weight is 528 g/mol. The van der Waals surface area contributed by atoms with Gasteiger partial charge >= 0.3 is 0 Å². The van der Waals surface area contributed by atoms with Gasteiger partial charge in [-0.15, -0.1) is 0 Å². The van der Waals surface area contributed by atoms with Crippen LogP contribution in [0.2, 0.25) is 10.0 Å². The molecule has 10 heteroatoms. The predicted octanol–water partition coefficient (Wildman–Crippen LogP) is 5.17. The largest absolute Gasteiger partial charge is 0.398 e. The first-order valence-electron chi connectivity index (χ1n) is 12.5. The number of anilines is 3. The molecule has 0 atom stereocenters. The van der Waals surface area contributed by atoms with Crippen LogP contribution in [0.15, 0.2) is 18.7 Å². The van der Waals surface area contributed by atoms with Crippen LogP contribution in [-0.4, -0.2) is 50.7 Å². The minimum Gasteiger partial charge on any atom is -0.398 e. The van der Waals surface area contributed by atoms with Gasteiger partial charge in [-0.1, -0.05) is 29.8 Å². The molecule has 1 saturated carbocycles. The molecule has 1 spiro atoms. The Morgan fingerprint density at radius 1 is 1.17 bits per heavy atom. The molecule has 2 aliphatic heterocycles. The highest BCUT2D eigenvalue weighted by molar-refractivity contribution is 6.48. The molecular formula is C26H31Cl2N7O. The topological polar surface area (TPSA) is 106 Å². The Kier molecular flexibility index (Phi) is 5.19. The summed E-state index contributed by atoms with van der Waals surface area (Å²) in [5.74, 6) is 1.17. The summed E-state index contributed by atoms with van der Waals surface area (Å²) in [5.41, 5.74) is 14.1. The number of fused-ring (bicyclic) bond motifs is 3. The number of halogens is 2. The van der Waals surface area contributed by atoms with Crippen molar-refractivity contribution in [1.82, 2.24) is 19.7 Å². The highest BCUT2D eigenvalue weighted by atomic mass is 35.5. The molecule has 3 aromatic rings. The predicted molar refractivity (Wildman–Crippen MR) is 147 cm³/mol. The monoisotopic (exact) mass is 527 g/mol. The van der Waals surface area contributed by atoms with Gasteiger partial charge in [0.2, 0.25) is 5.91 Å². The molecule has 8 nitrogen and oxygen atoms in total. The number of aromatic nitrogens is 3. The maximum atomic E-state index is 12.0. The van der Waals surface area contributed by atoms with Crippen molar-refractivity contribution in [3.05, 3.63) is 28.8 Å². The highest BCUT2D eigenvalue weighted by Crippen LogP contribution is 2.55. The van der Waals surface area contributed by atoms with Gasteiger partial charge in [0.25, 0.3) is 0 Å². The molecule has 4 heterocycles. The number of hydrogen-bond donors (Lipinski definition) is 2. The summed E-state index contributed by atoms with van der Waals surface area (Å²) in [6.45, 7) is 10.5. The minimum absolute atomic E-state index is 0.00625. The van der Waals surface area contributed by atoms with Crippen molar-refractivity contribution in [1.29, 1.82) is 0 Å². The van der Waals surface area contributed by atoms with Crippen molar-refractivity contribution in [2.24, 2.45) is 5.41 Å². The molecule has 0 unspecified atom stereocenters. The number of nitrogen functional groups attached to an aromatic ring is 2. The second-order valence-electron chi connectivity index (χ2n) is 11.4. The fourth-order valence-corrected chi connectivity index (χ4v) is 7.05. The second-order valence-corrected chi connectivity index (χ2v) is 12.1.